The number of nitrogens with one attached hydrogen (secondary N) is 1. The van der Waals surface area contributed by atoms with Gasteiger partial charge in [-0.15, -0.1) is 0 Å². The highest BCUT2D eigenvalue weighted by Gasteiger charge is 2.15. The summed E-state index contributed by atoms with van der Waals surface area (Å²) in [5, 5.41) is 13.2. The maximum absolute atomic E-state index is 11.9. The molecule has 1 N–H and O–H groups in total. The number of halogens is 1. The van der Waals surface area contributed by atoms with Gasteiger partial charge in [-0.25, -0.2) is 0 Å². The van der Waals surface area contributed by atoms with Gasteiger partial charge in [-0.2, -0.15) is 0 Å². The van der Waals surface area contributed by atoms with Gasteiger partial charge in [0, 0.05) is 11.8 Å². The highest BCUT2D eigenvalue weighted by Crippen LogP contribution is 2.28. The zero-order valence-corrected chi connectivity index (χ0v) is 15.8. The van der Waals surface area contributed by atoms with E-state index in [1.807, 2.05) is 0 Å². The van der Waals surface area contributed by atoms with Gasteiger partial charge < -0.3 is 19.5 Å². The number of methoxy groups -OCH3 is 2. The largest absolute Gasteiger partial charge is 0.493 e. The van der Waals surface area contributed by atoms with Crippen LogP contribution in [0.3, 0.4) is 0 Å². The van der Waals surface area contributed by atoms with E-state index in [0.717, 1.165) is 6.07 Å². The monoisotopic (exact) mass is 408 g/mol. The van der Waals surface area contributed by atoms with Gasteiger partial charge in [0.15, 0.2) is 18.1 Å². The van der Waals surface area contributed by atoms with Crippen molar-refractivity contribution in [2.24, 2.45) is 0 Å². The van der Waals surface area contributed by atoms with Gasteiger partial charge in [0.1, 0.15) is 5.02 Å². The predicted octanol–water partition coefficient (Wildman–Crippen LogP) is 2.99. The van der Waals surface area contributed by atoms with Crippen molar-refractivity contribution >= 4 is 34.9 Å². The van der Waals surface area contributed by atoms with Crippen molar-refractivity contribution in [1.82, 2.24) is 0 Å². The SMILES string of the molecule is COc1ccc(CC(=O)OCC(=O)Nc2ccc(Cl)c([N+](=O)[O-])c2)cc1OC. The third-order valence-electron chi connectivity index (χ3n) is 3.59. The fraction of sp³-hybridized carbons (Fsp3) is 0.222. The predicted molar refractivity (Wildman–Crippen MR) is 101 cm³/mol. The zero-order chi connectivity index (χ0) is 20.7. The Labute approximate surface area is 165 Å². The van der Waals surface area contributed by atoms with E-state index >= 15 is 0 Å². The van der Waals surface area contributed by atoms with Crippen molar-refractivity contribution in [2.45, 2.75) is 6.42 Å². The Morgan fingerprint density at radius 1 is 1.11 bits per heavy atom. The molecule has 0 aliphatic rings. The van der Waals surface area contributed by atoms with E-state index < -0.39 is 23.4 Å². The van der Waals surface area contributed by atoms with Gasteiger partial charge in [0.2, 0.25) is 0 Å². The molecule has 0 saturated carbocycles. The van der Waals surface area contributed by atoms with E-state index in [1.54, 1.807) is 18.2 Å². The summed E-state index contributed by atoms with van der Waals surface area (Å²) in [6.07, 6.45) is -0.0694. The van der Waals surface area contributed by atoms with Gasteiger partial charge in [-0.3, -0.25) is 19.7 Å². The second-order valence-electron chi connectivity index (χ2n) is 5.50. The number of ether oxygens (including phenoxy) is 3. The van der Waals surface area contributed by atoms with Gasteiger partial charge in [0.25, 0.3) is 11.6 Å². The minimum absolute atomic E-state index is 0.0515. The molecule has 0 bridgehead atoms. The van der Waals surface area contributed by atoms with Crippen molar-refractivity contribution in [3.63, 3.8) is 0 Å². The number of nitrogens with zero attached hydrogens (tertiary/aromatic N) is 1. The zero-order valence-electron chi connectivity index (χ0n) is 15.1. The lowest BCUT2D eigenvalue weighted by atomic mass is 10.1. The number of rotatable bonds is 8. The molecule has 0 atom stereocenters. The van der Waals surface area contributed by atoms with Crippen LogP contribution in [-0.2, 0) is 20.7 Å². The van der Waals surface area contributed by atoms with Crippen LogP contribution in [0.4, 0.5) is 11.4 Å². The summed E-state index contributed by atoms with van der Waals surface area (Å²) < 4.78 is 15.2. The molecule has 0 fully saturated rings. The van der Waals surface area contributed by atoms with Crippen LogP contribution in [0.15, 0.2) is 36.4 Å². The summed E-state index contributed by atoms with van der Waals surface area (Å²) in [7, 11) is 2.98. The van der Waals surface area contributed by atoms with Crippen molar-refractivity contribution in [2.75, 3.05) is 26.1 Å². The second-order valence-corrected chi connectivity index (χ2v) is 5.91. The number of hydrogen-bond donors (Lipinski definition) is 1. The number of hydrogen-bond acceptors (Lipinski definition) is 7. The lowest BCUT2D eigenvalue weighted by Gasteiger charge is -2.10. The Morgan fingerprint density at radius 2 is 1.82 bits per heavy atom. The quantitative estimate of drug-likeness (QED) is 0.405. The van der Waals surface area contributed by atoms with Crippen LogP contribution in [0.1, 0.15) is 5.56 Å². The highest BCUT2D eigenvalue weighted by atomic mass is 35.5. The number of benzene rings is 2. The Hall–Kier alpha value is -3.33. The summed E-state index contributed by atoms with van der Waals surface area (Å²) >= 11 is 5.71. The number of esters is 1. The van der Waals surface area contributed by atoms with Gasteiger partial charge in [-0.1, -0.05) is 17.7 Å². The second kappa shape index (κ2) is 9.56. The molecule has 0 heterocycles. The molecule has 0 aliphatic heterocycles. The van der Waals surface area contributed by atoms with Gasteiger partial charge in [-0.05, 0) is 29.8 Å². The average molecular weight is 409 g/mol. The molecule has 9 nitrogen and oxygen atoms in total. The van der Waals surface area contributed by atoms with Crippen molar-refractivity contribution in [1.29, 1.82) is 0 Å². The molecular formula is C18H17ClN2O7. The van der Waals surface area contributed by atoms with E-state index in [2.05, 4.69) is 5.32 Å². The first-order valence-corrected chi connectivity index (χ1v) is 8.32. The third-order valence-corrected chi connectivity index (χ3v) is 3.91. The molecule has 10 heteroatoms. The van der Waals surface area contributed by atoms with E-state index in [4.69, 9.17) is 25.8 Å². The Balaban J connectivity index is 1.90. The Kier molecular flexibility index (Phi) is 7.16. The molecule has 0 saturated heterocycles. The molecule has 148 valence electrons. The standard InChI is InChI=1S/C18H17ClN2O7/c1-26-15-6-3-11(7-16(15)27-2)8-18(23)28-10-17(22)20-12-4-5-13(19)14(9-12)21(24)25/h3-7,9H,8,10H2,1-2H3,(H,20,22). The van der Waals surface area contributed by atoms with Crippen LogP contribution in [-0.4, -0.2) is 37.6 Å². The van der Waals surface area contributed by atoms with E-state index in [-0.39, 0.29) is 22.8 Å². The summed E-state index contributed by atoms with van der Waals surface area (Å²) in [4.78, 5) is 34.0. The number of carbonyl (C=O) groups excluding carboxylic acids is 2. The summed E-state index contributed by atoms with van der Waals surface area (Å²) in [6.45, 7) is -0.539. The smallest absolute Gasteiger partial charge is 0.310 e. The molecule has 2 aromatic rings. The van der Waals surface area contributed by atoms with Crippen molar-refractivity contribution < 1.29 is 28.7 Å². The third kappa shape index (κ3) is 5.58. The Bertz CT molecular complexity index is 901. The number of nitro groups is 1. The minimum atomic E-state index is -0.666. The van der Waals surface area contributed by atoms with Crippen LogP contribution in [0, 0.1) is 10.1 Å². The first-order chi connectivity index (χ1) is 13.3. The number of nitro benzene ring substituents is 1. The van der Waals surface area contributed by atoms with Crippen LogP contribution < -0.4 is 14.8 Å². The Morgan fingerprint density at radius 3 is 2.46 bits per heavy atom. The fourth-order valence-electron chi connectivity index (χ4n) is 2.28. The molecule has 28 heavy (non-hydrogen) atoms. The molecular weight excluding hydrogens is 392 g/mol. The topological polar surface area (TPSA) is 117 Å². The van der Waals surface area contributed by atoms with Crippen LogP contribution in [0.25, 0.3) is 0 Å². The van der Waals surface area contributed by atoms with Gasteiger partial charge >= 0.3 is 5.97 Å². The van der Waals surface area contributed by atoms with Crippen LogP contribution >= 0.6 is 11.6 Å². The van der Waals surface area contributed by atoms with Gasteiger partial charge in [0.05, 0.1) is 25.6 Å². The molecule has 2 aromatic carbocycles. The first kappa shape index (κ1) is 21.0. The van der Waals surface area contributed by atoms with E-state index in [9.17, 15) is 19.7 Å². The molecule has 0 aromatic heterocycles. The number of amides is 1. The first-order valence-electron chi connectivity index (χ1n) is 7.94. The van der Waals surface area contributed by atoms with Crippen LogP contribution in [0.2, 0.25) is 5.02 Å². The van der Waals surface area contributed by atoms with Crippen molar-refractivity contribution in [3.05, 3.63) is 57.1 Å². The summed E-state index contributed by atoms with van der Waals surface area (Å²) in [5.41, 5.74) is 0.443. The summed E-state index contributed by atoms with van der Waals surface area (Å²) in [5.74, 6) is -0.271. The van der Waals surface area contributed by atoms with E-state index in [1.165, 1.54) is 26.4 Å². The fourth-order valence-corrected chi connectivity index (χ4v) is 2.47. The molecule has 0 unspecified atom stereocenters. The van der Waals surface area contributed by atoms with E-state index in [0.29, 0.717) is 17.1 Å². The maximum Gasteiger partial charge on any atom is 0.310 e. The van der Waals surface area contributed by atoms with Crippen LogP contribution in [0.5, 0.6) is 11.5 Å². The highest BCUT2D eigenvalue weighted by molar-refractivity contribution is 6.32. The minimum Gasteiger partial charge on any atom is -0.493 e. The number of carbonyl (C=O) groups is 2. The molecule has 0 aliphatic carbocycles. The van der Waals surface area contributed by atoms with Crippen molar-refractivity contribution in [3.8, 4) is 11.5 Å². The number of anilines is 1. The average Bonchev–Trinajstić information content (AvgIpc) is 2.67. The summed E-state index contributed by atoms with van der Waals surface area (Å²) in [6, 6.07) is 8.77. The maximum atomic E-state index is 11.9. The lowest BCUT2D eigenvalue weighted by molar-refractivity contribution is -0.384. The molecule has 0 radical (unpaired) electrons. The normalized spacial score (nSPS) is 10.1. The lowest BCUT2D eigenvalue weighted by Crippen LogP contribution is -2.21. The molecule has 0 spiro atoms. The molecule has 2 rings (SSSR count). The molecule has 1 amide bonds.